The van der Waals surface area contributed by atoms with Crippen LogP contribution in [0.2, 0.25) is 0 Å². The molecule has 11 aromatic carbocycles. The maximum atomic E-state index is 7.13. The third-order valence-electron chi connectivity index (χ3n) is 19.5. The number of benzene rings is 11. The van der Waals surface area contributed by atoms with E-state index in [0.717, 1.165) is 62.3 Å². The first kappa shape index (κ1) is 54.5. The largest absolute Gasteiger partial charge is 0.457 e. The summed E-state index contributed by atoms with van der Waals surface area (Å²) in [6.45, 7) is 27.8. The highest BCUT2D eigenvalue weighted by atomic mass is 16.5. The van der Waals surface area contributed by atoms with E-state index in [4.69, 9.17) is 9.47 Å². The van der Waals surface area contributed by atoms with E-state index in [1.165, 1.54) is 89.0 Å². The van der Waals surface area contributed by atoms with E-state index in [1.807, 2.05) is 0 Å². The van der Waals surface area contributed by atoms with Crippen molar-refractivity contribution >= 4 is 17.1 Å². The molecule has 0 amide bonds. The molecule has 2 aliphatic carbocycles. The second kappa shape index (κ2) is 19.2. The van der Waals surface area contributed by atoms with Crippen LogP contribution in [0.1, 0.15) is 150 Å². The van der Waals surface area contributed by atoms with Gasteiger partial charge in [0.15, 0.2) is 0 Å². The molecule has 0 radical (unpaired) electrons. The van der Waals surface area contributed by atoms with Gasteiger partial charge < -0.3 is 14.4 Å². The zero-order chi connectivity index (χ0) is 60.2. The Labute approximate surface area is 515 Å². The number of para-hydroxylation sites is 2. The van der Waals surface area contributed by atoms with Gasteiger partial charge in [-0.15, -0.1) is 0 Å². The van der Waals surface area contributed by atoms with Crippen LogP contribution in [0.25, 0.3) is 44.5 Å². The van der Waals surface area contributed by atoms with Crippen LogP contribution in [0.5, 0.6) is 23.0 Å². The summed E-state index contributed by atoms with van der Waals surface area (Å²) in [7, 11) is 0. The molecule has 11 aromatic rings. The van der Waals surface area contributed by atoms with Crippen molar-refractivity contribution in [1.82, 2.24) is 0 Å². The topological polar surface area (TPSA) is 21.7 Å². The molecule has 2 aliphatic heterocycles. The van der Waals surface area contributed by atoms with Gasteiger partial charge in [0.2, 0.25) is 0 Å². The van der Waals surface area contributed by atoms with Gasteiger partial charge >= 0.3 is 0 Å². The first-order valence-corrected chi connectivity index (χ1v) is 31.1. The Morgan fingerprint density at radius 3 is 1.00 bits per heavy atom. The Bertz CT molecular complexity index is 4500. The average Bonchev–Trinajstić information content (AvgIpc) is 1.59. The lowest BCUT2D eigenvalue weighted by Gasteiger charge is -2.41. The SMILES string of the molecule is CC(C)(C)c1ccc2c(c1)C1(c3cc(C(C)(C)C)ccc3O2)c2ccccc2-c2ccc(-c3ccccc3N(c3ccc4c(c3)C3(c5cc(C(C)(C)C)ccc5Oc5ccc(C(C)(C)C)cc53)c3ccccc3-4)c3ccccc3-c3ccccc3)cc21. The van der Waals surface area contributed by atoms with Crippen molar-refractivity contribution in [2.24, 2.45) is 0 Å². The Morgan fingerprint density at radius 1 is 0.253 bits per heavy atom. The predicted octanol–water partition coefficient (Wildman–Crippen LogP) is 22.6. The predicted molar refractivity (Wildman–Crippen MR) is 362 cm³/mol. The second-order valence-electron chi connectivity index (χ2n) is 28.9. The molecule has 2 heterocycles. The summed E-state index contributed by atoms with van der Waals surface area (Å²) in [5.74, 6) is 3.57. The zero-order valence-corrected chi connectivity index (χ0v) is 52.3. The van der Waals surface area contributed by atoms with Crippen LogP contribution in [-0.2, 0) is 32.5 Å². The molecule has 15 rings (SSSR count). The minimum Gasteiger partial charge on any atom is -0.457 e. The fourth-order valence-electron chi connectivity index (χ4n) is 14.9. The summed E-state index contributed by atoms with van der Waals surface area (Å²) in [5.41, 5.74) is 25.7. The smallest absolute Gasteiger partial charge is 0.132 e. The highest BCUT2D eigenvalue weighted by Crippen LogP contribution is 2.66. The van der Waals surface area contributed by atoms with Gasteiger partial charge in [-0.05, 0) is 178 Å². The van der Waals surface area contributed by atoms with Gasteiger partial charge in [-0.25, -0.2) is 0 Å². The number of anilines is 3. The van der Waals surface area contributed by atoms with E-state index in [9.17, 15) is 0 Å². The molecule has 0 saturated carbocycles. The third-order valence-corrected chi connectivity index (χ3v) is 19.5. The molecule has 0 saturated heterocycles. The van der Waals surface area contributed by atoms with Crippen molar-refractivity contribution < 1.29 is 9.47 Å². The van der Waals surface area contributed by atoms with Gasteiger partial charge in [0.25, 0.3) is 0 Å². The van der Waals surface area contributed by atoms with Crippen LogP contribution in [0.3, 0.4) is 0 Å². The van der Waals surface area contributed by atoms with Gasteiger partial charge in [0.05, 0.1) is 22.2 Å². The summed E-state index contributed by atoms with van der Waals surface area (Å²) >= 11 is 0. The number of hydrogen-bond donors (Lipinski definition) is 0. The lowest BCUT2D eigenvalue weighted by atomic mass is 9.64. The minimum atomic E-state index is -0.725. The van der Waals surface area contributed by atoms with Crippen LogP contribution in [-0.4, -0.2) is 0 Å². The molecule has 0 bridgehead atoms. The molecule has 87 heavy (non-hydrogen) atoms. The summed E-state index contributed by atoms with van der Waals surface area (Å²) in [6.07, 6.45) is 0. The molecular formula is C84H75NO2. The lowest BCUT2D eigenvalue weighted by molar-refractivity contribution is 0.433. The quantitative estimate of drug-likeness (QED) is 0.171. The lowest BCUT2D eigenvalue weighted by Crippen LogP contribution is -2.33. The Hall–Kier alpha value is -9.18. The number of rotatable bonds is 5. The Morgan fingerprint density at radius 2 is 0.586 bits per heavy atom. The molecule has 0 aromatic heterocycles. The van der Waals surface area contributed by atoms with E-state index in [2.05, 4.69) is 325 Å². The van der Waals surface area contributed by atoms with E-state index < -0.39 is 10.8 Å². The fourth-order valence-corrected chi connectivity index (χ4v) is 14.9. The normalized spacial score (nSPS) is 14.6. The minimum absolute atomic E-state index is 0.104. The van der Waals surface area contributed by atoms with Gasteiger partial charge in [0, 0.05) is 39.1 Å². The molecule has 3 heteroatoms. The highest BCUT2D eigenvalue weighted by Gasteiger charge is 2.54. The summed E-state index contributed by atoms with van der Waals surface area (Å²) < 4.78 is 14.2. The van der Waals surface area contributed by atoms with Gasteiger partial charge in [-0.1, -0.05) is 241 Å². The van der Waals surface area contributed by atoms with Crippen molar-refractivity contribution in [2.75, 3.05) is 4.90 Å². The first-order chi connectivity index (χ1) is 41.6. The maximum Gasteiger partial charge on any atom is 0.132 e. The van der Waals surface area contributed by atoms with Crippen molar-refractivity contribution in [3.63, 3.8) is 0 Å². The van der Waals surface area contributed by atoms with E-state index in [1.54, 1.807) is 0 Å². The standard InChI is InChI=1S/C84H75NO2/c1-79(2,3)54-35-42-75-69(47-54)83(70-48-55(80(4,5)6)36-43-76(70)86-75)65-30-20-16-28-61(65)63-40-34-53(46-67(63)83)60-27-19-23-33-74(60)85(73-32-22-18-26-59(73)52-24-14-13-15-25-52)58-39-41-64-62-29-17-21-31-66(62)84(68(64)51-58)71-49-56(81(7,8)9)37-44-77(71)87-78-45-38-57(50-72(78)84)82(10,11)12/h13-51H,1-12H3. The monoisotopic (exact) mass is 1130 g/mol. The van der Waals surface area contributed by atoms with Crippen LogP contribution in [0.4, 0.5) is 17.1 Å². The molecule has 0 fully saturated rings. The number of fused-ring (bicyclic) bond motifs is 18. The number of ether oxygens (including phenoxy) is 2. The van der Waals surface area contributed by atoms with E-state index in [0.29, 0.717) is 0 Å². The maximum absolute atomic E-state index is 7.13. The van der Waals surface area contributed by atoms with Gasteiger partial charge in [-0.3, -0.25) is 0 Å². The second-order valence-corrected chi connectivity index (χ2v) is 28.9. The molecule has 0 N–H and O–H groups in total. The highest BCUT2D eigenvalue weighted by molar-refractivity contribution is 5.98. The van der Waals surface area contributed by atoms with Crippen LogP contribution in [0, 0.1) is 0 Å². The summed E-state index contributed by atoms with van der Waals surface area (Å²) in [5, 5.41) is 0. The van der Waals surface area contributed by atoms with Crippen molar-refractivity contribution in [3.8, 4) is 67.5 Å². The molecule has 428 valence electrons. The van der Waals surface area contributed by atoms with Crippen molar-refractivity contribution in [3.05, 3.63) is 303 Å². The number of nitrogens with zero attached hydrogens (tertiary/aromatic N) is 1. The molecule has 0 atom stereocenters. The molecule has 0 unspecified atom stereocenters. The van der Waals surface area contributed by atoms with Crippen molar-refractivity contribution in [2.45, 2.75) is 116 Å². The first-order valence-electron chi connectivity index (χ1n) is 31.1. The van der Waals surface area contributed by atoms with Crippen LogP contribution >= 0.6 is 0 Å². The average molecular weight is 1130 g/mol. The van der Waals surface area contributed by atoms with Crippen LogP contribution in [0.15, 0.2) is 237 Å². The van der Waals surface area contributed by atoms with E-state index >= 15 is 0 Å². The molecule has 2 spiro atoms. The fraction of sp³-hybridized carbons (Fsp3) is 0.214. The van der Waals surface area contributed by atoms with Gasteiger partial charge in [-0.2, -0.15) is 0 Å². The number of hydrogen-bond acceptors (Lipinski definition) is 3. The van der Waals surface area contributed by atoms with Gasteiger partial charge in [0.1, 0.15) is 23.0 Å². The zero-order valence-electron chi connectivity index (χ0n) is 52.3. The third kappa shape index (κ3) is 8.21. The Kier molecular flexibility index (Phi) is 12.0. The van der Waals surface area contributed by atoms with Crippen LogP contribution < -0.4 is 14.4 Å². The Balaban J connectivity index is 1.01. The molecular weight excluding hydrogens is 1050 g/mol. The summed E-state index contributed by atoms with van der Waals surface area (Å²) in [4.78, 5) is 2.55. The summed E-state index contributed by atoms with van der Waals surface area (Å²) in [6, 6.07) is 89.7. The van der Waals surface area contributed by atoms with E-state index in [-0.39, 0.29) is 21.7 Å². The molecule has 4 aliphatic rings. The van der Waals surface area contributed by atoms with Crippen molar-refractivity contribution in [1.29, 1.82) is 0 Å². The molecule has 3 nitrogen and oxygen atoms in total.